The summed E-state index contributed by atoms with van der Waals surface area (Å²) in [7, 11) is 0. The van der Waals surface area contributed by atoms with Crippen LogP contribution in [0.3, 0.4) is 0 Å². The molecule has 0 atom stereocenters. The molecule has 0 amide bonds. The maximum atomic E-state index is 13.6. The van der Waals surface area contributed by atoms with Gasteiger partial charge in [-0.05, 0) is 43.4 Å². The summed E-state index contributed by atoms with van der Waals surface area (Å²) in [5, 5.41) is 0. The van der Waals surface area contributed by atoms with E-state index in [1.807, 2.05) is 13.8 Å². The van der Waals surface area contributed by atoms with Crippen molar-refractivity contribution in [2.75, 3.05) is 0 Å². The molecule has 0 aliphatic carbocycles. The van der Waals surface area contributed by atoms with Gasteiger partial charge >= 0.3 is 0 Å². The molecule has 77 valence electrons. The zero-order chi connectivity index (χ0) is 10.9. The second kappa shape index (κ2) is 4.07. The largest absolute Gasteiger partial charge is 0.206 e. The first kappa shape index (κ1) is 11.2. The molecule has 0 aliphatic heterocycles. The summed E-state index contributed by atoms with van der Waals surface area (Å²) in [4.78, 5) is 0. The number of hydrogen-bond acceptors (Lipinski definition) is 0. The Hall–Kier alpha value is -0.920. The van der Waals surface area contributed by atoms with Crippen molar-refractivity contribution in [2.45, 2.75) is 33.6 Å². The average molecular weight is 197 g/mol. The van der Waals surface area contributed by atoms with Crippen LogP contribution in [0.1, 0.15) is 36.1 Å². The highest BCUT2D eigenvalue weighted by molar-refractivity contribution is 5.43. The Morgan fingerprint density at radius 1 is 1.00 bits per heavy atom. The molecule has 0 heterocycles. The molecule has 1 rings (SSSR count). The summed E-state index contributed by atoms with van der Waals surface area (Å²) >= 11 is 0. The Morgan fingerprint density at radius 2 is 1.36 bits per heavy atom. The van der Waals surface area contributed by atoms with Crippen LogP contribution in [0.5, 0.6) is 0 Å². The minimum atomic E-state index is -0.438. The third kappa shape index (κ3) is 1.54. The highest BCUT2D eigenvalue weighted by Crippen LogP contribution is 2.25. The Kier molecular flexibility index (Phi) is 3.25. The van der Waals surface area contributed by atoms with Crippen molar-refractivity contribution in [1.82, 2.24) is 0 Å². The summed E-state index contributed by atoms with van der Waals surface area (Å²) in [5.41, 5.74) is 1.73. The number of rotatable bonds is 2. The van der Waals surface area contributed by atoms with Crippen molar-refractivity contribution in [3.63, 3.8) is 0 Å². The zero-order valence-corrected chi connectivity index (χ0v) is 8.88. The fourth-order valence-electron chi connectivity index (χ4n) is 1.73. The van der Waals surface area contributed by atoms with Crippen molar-refractivity contribution in [3.05, 3.63) is 40.8 Å². The van der Waals surface area contributed by atoms with E-state index in [1.54, 1.807) is 0 Å². The lowest BCUT2D eigenvalue weighted by molar-refractivity contribution is 0.548. The molecule has 0 saturated heterocycles. The van der Waals surface area contributed by atoms with E-state index >= 15 is 0 Å². The predicted molar refractivity (Wildman–Crippen MR) is 54.3 cm³/mol. The van der Waals surface area contributed by atoms with Gasteiger partial charge in [-0.15, -0.1) is 0 Å². The van der Waals surface area contributed by atoms with Crippen LogP contribution in [0.25, 0.3) is 0 Å². The minimum Gasteiger partial charge on any atom is -0.206 e. The molecule has 0 N–H and O–H groups in total. The molecule has 0 bridgehead atoms. The molecule has 0 fully saturated rings. The first-order valence-electron chi connectivity index (χ1n) is 4.85. The van der Waals surface area contributed by atoms with E-state index in [1.165, 1.54) is 6.92 Å². The molecule has 0 aromatic heterocycles. The van der Waals surface area contributed by atoms with E-state index in [-0.39, 0.29) is 5.56 Å². The summed E-state index contributed by atoms with van der Waals surface area (Å²) in [6, 6.07) is 0. The lowest BCUT2D eigenvalue weighted by atomic mass is 9.94. The van der Waals surface area contributed by atoms with Gasteiger partial charge in [-0.2, -0.15) is 0 Å². The van der Waals surface area contributed by atoms with Crippen molar-refractivity contribution in [1.29, 1.82) is 0 Å². The summed E-state index contributed by atoms with van der Waals surface area (Å²) in [6.07, 6.45) is 1.11. The normalized spacial score (nSPS) is 10.7. The van der Waals surface area contributed by atoms with E-state index in [0.29, 0.717) is 29.5 Å². The Balaban J connectivity index is 3.56. The molecule has 0 saturated carbocycles. The summed E-state index contributed by atoms with van der Waals surface area (Å²) in [5.74, 6) is -0.876. The molecular weight excluding hydrogens is 182 g/mol. The number of hydrogen-bond donors (Lipinski definition) is 0. The quantitative estimate of drug-likeness (QED) is 0.679. The van der Waals surface area contributed by atoms with Gasteiger partial charge in [0.05, 0.1) is 0 Å². The van der Waals surface area contributed by atoms with Crippen LogP contribution in [0.4, 0.5) is 8.78 Å². The maximum absolute atomic E-state index is 13.6. The van der Waals surface area contributed by atoms with Gasteiger partial charge in [0.15, 0.2) is 0 Å². The van der Waals surface area contributed by atoms with Crippen LogP contribution in [-0.2, 0) is 12.8 Å². The van der Waals surface area contributed by atoms with Crippen LogP contribution in [0.2, 0.25) is 0 Å². The molecule has 0 unspecified atom stereocenters. The van der Waals surface area contributed by atoms with Gasteiger partial charge in [0.25, 0.3) is 0 Å². The third-order valence-corrected chi connectivity index (χ3v) is 2.62. The van der Waals surface area contributed by atoms with Crippen molar-refractivity contribution >= 4 is 0 Å². The van der Waals surface area contributed by atoms with E-state index < -0.39 is 11.6 Å². The molecular formula is C12H15F2. The SMILES string of the molecule is [CH2]c1c(CC)c(F)c(C)c(F)c1CC. The number of benzene rings is 1. The van der Waals surface area contributed by atoms with Gasteiger partial charge in [0.1, 0.15) is 11.6 Å². The summed E-state index contributed by atoms with van der Waals surface area (Å²) in [6.45, 7) is 8.92. The van der Waals surface area contributed by atoms with E-state index in [2.05, 4.69) is 6.92 Å². The molecule has 1 aromatic carbocycles. The molecule has 14 heavy (non-hydrogen) atoms. The Labute approximate surface area is 84.0 Å². The monoisotopic (exact) mass is 197 g/mol. The van der Waals surface area contributed by atoms with Crippen molar-refractivity contribution in [2.24, 2.45) is 0 Å². The van der Waals surface area contributed by atoms with Crippen LogP contribution >= 0.6 is 0 Å². The highest BCUT2D eigenvalue weighted by Gasteiger charge is 2.17. The van der Waals surface area contributed by atoms with E-state index in [4.69, 9.17) is 0 Å². The topological polar surface area (TPSA) is 0 Å². The third-order valence-electron chi connectivity index (χ3n) is 2.62. The molecule has 1 aromatic rings. The van der Waals surface area contributed by atoms with E-state index in [0.717, 1.165) is 0 Å². The molecule has 1 radical (unpaired) electrons. The molecule has 0 aliphatic rings. The molecule has 0 nitrogen and oxygen atoms in total. The fourth-order valence-corrected chi connectivity index (χ4v) is 1.73. The molecule has 2 heteroatoms. The standard InChI is InChI=1S/C12H15F2/c1-5-9-7(3)10(6-2)12(14)8(4)11(9)13/h3,5-6H2,1-2,4H3. The van der Waals surface area contributed by atoms with Crippen LogP contribution < -0.4 is 0 Å². The van der Waals surface area contributed by atoms with Gasteiger partial charge in [-0.1, -0.05) is 13.8 Å². The van der Waals surface area contributed by atoms with Crippen LogP contribution in [0, 0.1) is 25.5 Å². The second-order valence-electron chi connectivity index (χ2n) is 3.40. The fraction of sp³-hybridized carbons (Fsp3) is 0.417. The lowest BCUT2D eigenvalue weighted by Gasteiger charge is -2.14. The van der Waals surface area contributed by atoms with Gasteiger partial charge in [-0.25, -0.2) is 8.78 Å². The Morgan fingerprint density at radius 3 is 1.64 bits per heavy atom. The lowest BCUT2D eigenvalue weighted by Crippen LogP contribution is -2.05. The van der Waals surface area contributed by atoms with Gasteiger partial charge in [0, 0.05) is 5.56 Å². The summed E-state index contributed by atoms with van der Waals surface area (Å²) < 4.78 is 27.1. The van der Waals surface area contributed by atoms with Gasteiger partial charge < -0.3 is 0 Å². The molecule has 0 spiro atoms. The van der Waals surface area contributed by atoms with Gasteiger partial charge in [-0.3, -0.25) is 0 Å². The Bertz CT molecular complexity index is 323. The average Bonchev–Trinajstić information content (AvgIpc) is 2.16. The first-order valence-corrected chi connectivity index (χ1v) is 4.85. The maximum Gasteiger partial charge on any atom is 0.132 e. The zero-order valence-electron chi connectivity index (χ0n) is 8.88. The highest BCUT2D eigenvalue weighted by atomic mass is 19.1. The van der Waals surface area contributed by atoms with E-state index in [9.17, 15) is 8.78 Å². The van der Waals surface area contributed by atoms with Crippen LogP contribution in [0.15, 0.2) is 0 Å². The first-order chi connectivity index (χ1) is 6.54. The van der Waals surface area contributed by atoms with Crippen molar-refractivity contribution in [3.8, 4) is 0 Å². The number of halogens is 2. The van der Waals surface area contributed by atoms with Gasteiger partial charge in [0.2, 0.25) is 0 Å². The van der Waals surface area contributed by atoms with Crippen LogP contribution in [-0.4, -0.2) is 0 Å². The van der Waals surface area contributed by atoms with Crippen molar-refractivity contribution < 1.29 is 8.78 Å². The smallest absolute Gasteiger partial charge is 0.132 e. The predicted octanol–water partition coefficient (Wildman–Crippen LogP) is 3.58. The minimum absolute atomic E-state index is 0.117. The second-order valence-corrected chi connectivity index (χ2v) is 3.40.